The fraction of sp³-hybridized carbons (Fsp3) is 0.538. The average Bonchev–Trinajstić information content (AvgIpc) is 2.21. The number of rotatable bonds is 4. The Morgan fingerprint density at radius 2 is 1.75 bits per heavy atom. The molecule has 0 heterocycles. The van der Waals surface area contributed by atoms with E-state index in [1.807, 2.05) is 26.0 Å². The molecule has 0 aliphatic rings. The van der Waals surface area contributed by atoms with Crippen LogP contribution >= 0.6 is 12.4 Å². The standard InChI is InChI=1S/C13H21NO.ClH/c1-4-5-6-12(14)11-7-9(2)13(15)10(3)8-11;/h7-8,12,15H,4-6,14H2,1-3H3;1H/t12-;/m0./s1. The third-order valence-corrected chi connectivity index (χ3v) is 2.81. The Balaban J connectivity index is 0.00000225. The van der Waals surface area contributed by atoms with E-state index >= 15 is 0 Å². The first-order chi connectivity index (χ1) is 7.06. The van der Waals surface area contributed by atoms with Crippen molar-refractivity contribution in [1.29, 1.82) is 0 Å². The number of phenolic OH excluding ortho intramolecular Hbond substituents is 1. The van der Waals surface area contributed by atoms with E-state index in [-0.39, 0.29) is 18.4 Å². The van der Waals surface area contributed by atoms with Crippen LogP contribution in [0.1, 0.15) is 48.9 Å². The molecule has 0 aromatic heterocycles. The van der Waals surface area contributed by atoms with Crippen LogP contribution < -0.4 is 5.73 Å². The minimum atomic E-state index is 0. The van der Waals surface area contributed by atoms with E-state index in [1.165, 1.54) is 6.42 Å². The summed E-state index contributed by atoms with van der Waals surface area (Å²) in [6.45, 7) is 6.00. The monoisotopic (exact) mass is 243 g/mol. The van der Waals surface area contributed by atoms with Crippen LogP contribution in [0.4, 0.5) is 0 Å². The molecule has 3 heteroatoms. The zero-order valence-electron chi connectivity index (χ0n) is 10.3. The van der Waals surface area contributed by atoms with Gasteiger partial charge in [0.15, 0.2) is 0 Å². The molecule has 0 fully saturated rings. The second-order valence-corrected chi connectivity index (χ2v) is 4.25. The number of hydrogen-bond acceptors (Lipinski definition) is 2. The lowest BCUT2D eigenvalue weighted by Crippen LogP contribution is -2.10. The maximum atomic E-state index is 9.65. The Morgan fingerprint density at radius 1 is 1.25 bits per heavy atom. The second-order valence-electron chi connectivity index (χ2n) is 4.25. The average molecular weight is 244 g/mol. The number of phenols is 1. The maximum Gasteiger partial charge on any atom is 0.121 e. The molecule has 1 aromatic rings. The topological polar surface area (TPSA) is 46.2 Å². The van der Waals surface area contributed by atoms with Crippen molar-refractivity contribution >= 4 is 12.4 Å². The fourth-order valence-corrected chi connectivity index (χ4v) is 1.79. The number of aromatic hydroxyl groups is 1. The predicted octanol–water partition coefficient (Wildman–Crippen LogP) is 3.62. The lowest BCUT2D eigenvalue weighted by atomic mass is 9.97. The van der Waals surface area contributed by atoms with Gasteiger partial charge in [-0.1, -0.05) is 31.9 Å². The van der Waals surface area contributed by atoms with Gasteiger partial charge in [0.2, 0.25) is 0 Å². The molecule has 0 saturated heterocycles. The summed E-state index contributed by atoms with van der Waals surface area (Å²) < 4.78 is 0. The molecule has 1 atom stereocenters. The van der Waals surface area contributed by atoms with Crippen molar-refractivity contribution in [3.8, 4) is 5.75 Å². The van der Waals surface area contributed by atoms with E-state index in [1.54, 1.807) is 0 Å². The molecule has 0 radical (unpaired) electrons. The second kappa shape index (κ2) is 6.77. The van der Waals surface area contributed by atoms with Crippen LogP contribution in [-0.2, 0) is 0 Å². The summed E-state index contributed by atoms with van der Waals surface area (Å²) in [5.41, 5.74) is 9.05. The molecule has 0 saturated carbocycles. The van der Waals surface area contributed by atoms with E-state index in [0.29, 0.717) is 5.75 Å². The Morgan fingerprint density at radius 3 is 2.19 bits per heavy atom. The number of hydrogen-bond donors (Lipinski definition) is 2. The van der Waals surface area contributed by atoms with Crippen LogP contribution in [0.5, 0.6) is 5.75 Å². The van der Waals surface area contributed by atoms with Gasteiger partial charge in [-0.25, -0.2) is 0 Å². The summed E-state index contributed by atoms with van der Waals surface area (Å²) in [5, 5.41) is 9.65. The van der Waals surface area contributed by atoms with Gasteiger partial charge in [0.05, 0.1) is 0 Å². The highest BCUT2D eigenvalue weighted by molar-refractivity contribution is 5.85. The maximum absolute atomic E-state index is 9.65. The van der Waals surface area contributed by atoms with Gasteiger partial charge in [0.1, 0.15) is 5.75 Å². The van der Waals surface area contributed by atoms with Gasteiger partial charge in [-0.3, -0.25) is 0 Å². The van der Waals surface area contributed by atoms with Crippen molar-refractivity contribution in [2.75, 3.05) is 0 Å². The molecule has 2 nitrogen and oxygen atoms in total. The molecule has 92 valence electrons. The van der Waals surface area contributed by atoms with Crippen molar-refractivity contribution in [1.82, 2.24) is 0 Å². The fourth-order valence-electron chi connectivity index (χ4n) is 1.79. The van der Waals surface area contributed by atoms with Crippen LogP contribution in [0.15, 0.2) is 12.1 Å². The zero-order valence-corrected chi connectivity index (χ0v) is 11.1. The van der Waals surface area contributed by atoms with Gasteiger partial charge < -0.3 is 10.8 Å². The summed E-state index contributed by atoms with van der Waals surface area (Å²) >= 11 is 0. The van der Waals surface area contributed by atoms with Crippen LogP contribution in [0.25, 0.3) is 0 Å². The van der Waals surface area contributed by atoms with E-state index in [2.05, 4.69) is 6.92 Å². The third kappa shape index (κ3) is 3.69. The van der Waals surface area contributed by atoms with Gasteiger partial charge in [-0.2, -0.15) is 0 Å². The number of benzene rings is 1. The first-order valence-electron chi connectivity index (χ1n) is 5.62. The quantitative estimate of drug-likeness (QED) is 0.849. The minimum absolute atomic E-state index is 0. The summed E-state index contributed by atoms with van der Waals surface area (Å²) in [4.78, 5) is 0. The van der Waals surface area contributed by atoms with Crippen molar-refractivity contribution in [2.24, 2.45) is 5.73 Å². The lowest BCUT2D eigenvalue weighted by Gasteiger charge is -2.14. The highest BCUT2D eigenvalue weighted by Gasteiger charge is 2.09. The smallest absolute Gasteiger partial charge is 0.121 e. The van der Waals surface area contributed by atoms with Gasteiger partial charge >= 0.3 is 0 Å². The SMILES string of the molecule is CCCC[C@H](N)c1cc(C)c(O)c(C)c1.Cl. The van der Waals surface area contributed by atoms with Crippen LogP contribution in [0, 0.1) is 13.8 Å². The molecule has 1 aromatic carbocycles. The number of nitrogens with two attached hydrogens (primary N) is 1. The number of aryl methyl sites for hydroxylation is 2. The number of unbranched alkanes of at least 4 members (excludes halogenated alkanes) is 1. The normalized spacial score (nSPS) is 12.0. The van der Waals surface area contributed by atoms with Crippen molar-refractivity contribution in [3.05, 3.63) is 28.8 Å². The lowest BCUT2D eigenvalue weighted by molar-refractivity contribution is 0.466. The van der Waals surface area contributed by atoms with Crippen LogP contribution in [0.2, 0.25) is 0 Å². The van der Waals surface area contributed by atoms with Gasteiger partial charge in [0.25, 0.3) is 0 Å². The third-order valence-electron chi connectivity index (χ3n) is 2.81. The van der Waals surface area contributed by atoms with Crippen molar-refractivity contribution in [2.45, 2.75) is 46.1 Å². The molecule has 1 rings (SSSR count). The Hall–Kier alpha value is -0.730. The Kier molecular flexibility index (Phi) is 6.46. The summed E-state index contributed by atoms with van der Waals surface area (Å²) in [6.07, 6.45) is 3.34. The number of halogens is 1. The zero-order chi connectivity index (χ0) is 11.4. The van der Waals surface area contributed by atoms with Gasteiger partial charge in [-0.05, 0) is 37.0 Å². The molecule has 0 aliphatic carbocycles. The molecular formula is C13H22ClNO. The van der Waals surface area contributed by atoms with Crippen LogP contribution in [-0.4, -0.2) is 5.11 Å². The molecule has 0 unspecified atom stereocenters. The Bertz CT molecular complexity index is 316. The van der Waals surface area contributed by atoms with E-state index in [4.69, 9.17) is 5.73 Å². The molecule has 0 aliphatic heterocycles. The highest BCUT2D eigenvalue weighted by atomic mass is 35.5. The largest absolute Gasteiger partial charge is 0.507 e. The first kappa shape index (κ1) is 15.3. The molecule has 3 N–H and O–H groups in total. The first-order valence-corrected chi connectivity index (χ1v) is 5.62. The van der Waals surface area contributed by atoms with Crippen molar-refractivity contribution < 1.29 is 5.11 Å². The highest BCUT2D eigenvalue weighted by Crippen LogP contribution is 2.27. The molecular weight excluding hydrogens is 222 g/mol. The summed E-state index contributed by atoms with van der Waals surface area (Å²) in [5.74, 6) is 0.390. The van der Waals surface area contributed by atoms with E-state index < -0.39 is 0 Å². The molecule has 0 spiro atoms. The summed E-state index contributed by atoms with van der Waals surface area (Å²) in [7, 11) is 0. The summed E-state index contributed by atoms with van der Waals surface area (Å²) in [6, 6.07) is 4.08. The minimum Gasteiger partial charge on any atom is -0.507 e. The molecule has 0 bridgehead atoms. The van der Waals surface area contributed by atoms with Gasteiger partial charge in [0, 0.05) is 6.04 Å². The van der Waals surface area contributed by atoms with E-state index in [9.17, 15) is 5.11 Å². The van der Waals surface area contributed by atoms with Crippen LogP contribution in [0.3, 0.4) is 0 Å². The molecule has 0 amide bonds. The molecule has 16 heavy (non-hydrogen) atoms. The van der Waals surface area contributed by atoms with E-state index in [0.717, 1.165) is 29.5 Å². The van der Waals surface area contributed by atoms with Crippen molar-refractivity contribution in [3.63, 3.8) is 0 Å². The predicted molar refractivity (Wildman–Crippen MR) is 71.3 cm³/mol. The Labute approximate surface area is 104 Å². The van der Waals surface area contributed by atoms with Gasteiger partial charge in [-0.15, -0.1) is 12.4 Å².